The minimum Gasteiger partial charge on any atom is -0.496 e. The Kier molecular flexibility index (Phi) is 6.49. The van der Waals surface area contributed by atoms with Gasteiger partial charge in [0.1, 0.15) is 5.75 Å². The number of aryl methyl sites for hydroxylation is 1. The zero-order valence-electron chi connectivity index (χ0n) is 17.2. The van der Waals surface area contributed by atoms with Crippen LogP contribution in [0.5, 0.6) is 5.75 Å². The van der Waals surface area contributed by atoms with Crippen LogP contribution in [-0.2, 0) is 6.54 Å². The van der Waals surface area contributed by atoms with E-state index in [1.165, 1.54) is 0 Å². The van der Waals surface area contributed by atoms with Crippen LogP contribution in [0.1, 0.15) is 35.7 Å². The van der Waals surface area contributed by atoms with Crippen LogP contribution in [0.25, 0.3) is 11.4 Å². The number of nitrogens with one attached hydrogen (secondary N) is 2. The number of carbonyl (C=O) groups excluding carboxylic acids is 1. The van der Waals surface area contributed by atoms with Crippen LogP contribution >= 0.6 is 0 Å². The second-order valence-corrected chi connectivity index (χ2v) is 7.20. The molecule has 0 unspecified atom stereocenters. The van der Waals surface area contributed by atoms with Gasteiger partial charge in [-0.05, 0) is 48.7 Å². The molecule has 0 spiro atoms. The number of amides is 1. The van der Waals surface area contributed by atoms with Crippen molar-refractivity contribution < 1.29 is 14.1 Å². The fourth-order valence-corrected chi connectivity index (χ4v) is 2.84. The lowest BCUT2D eigenvalue weighted by atomic mass is 10.1. The number of methoxy groups -OCH3 is 1. The summed E-state index contributed by atoms with van der Waals surface area (Å²) in [5, 5.41) is 10.3. The molecule has 0 radical (unpaired) electrons. The summed E-state index contributed by atoms with van der Waals surface area (Å²) in [7, 11) is 1.61. The molecule has 2 aromatic carbocycles. The Hall–Kier alpha value is -3.35. The van der Waals surface area contributed by atoms with Crippen LogP contribution in [0.2, 0.25) is 0 Å². The third-order valence-corrected chi connectivity index (χ3v) is 4.41. The molecule has 0 saturated heterocycles. The fraction of sp³-hybridized carbons (Fsp3) is 0.318. The topological polar surface area (TPSA) is 89.3 Å². The van der Waals surface area contributed by atoms with Gasteiger partial charge in [0.15, 0.2) is 0 Å². The predicted molar refractivity (Wildman–Crippen MR) is 112 cm³/mol. The molecule has 1 aromatic heterocycles. The Morgan fingerprint density at radius 3 is 2.72 bits per heavy atom. The van der Waals surface area contributed by atoms with E-state index < -0.39 is 0 Å². The Labute approximate surface area is 170 Å². The summed E-state index contributed by atoms with van der Waals surface area (Å²) in [5.74, 6) is 1.98. The molecule has 0 aliphatic carbocycles. The molecule has 152 valence electrons. The molecule has 29 heavy (non-hydrogen) atoms. The zero-order chi connectivity index (χ0) is 20.8. The molecule has 0 aliphatic rings. The lowest BCUT2D eigenvalue weighted by Gasteiger charge is -2.11. The lowest BCUT2D eigenvalue weighted by Crippen LogP contribution is -2.27. The third-order valence-electron chi connectivity index (χ3n) is 4.41. The maximum absolute atomic E-state index is 12.2. The highest BCUT2D eigenvalue weighted by molar-refractivity contribution is 5.94. The first-order chi connectivity index (χ1) is 14.0. The van der Waals surface area contributed by atoms with E-state index in [1.54, 1.807) is 13.2 Å². The molecule has 1 amide bonds. The highest BCUT2D eigenvalue weighted by Crippen LogP contribution is 2.27. The number of carbonyl (C=O) groups is 1. The van der Waals surface area contributed by atoms with Crippen molar-refractivity contribution in [1.82, 2.24) is 15.5 Å². The molecule has 7 heteroatoms. The zero-order valence-corrected chi connectivity index (χ0v) is 17.2. The van der Waals surface area contributed by atoms with E-state index in [1.807, 2.05) is 43.3 Å². The molecular formula is C22H26N4O3. The molecule has 3 rings (SSSR count). The standard InChI is InChI=1S/C22H26N4O3/c1-14(2)12-24-22(27)16-9-10-18(15(3)11-16)23-13-20-25-21(26-29-20)17-7-5-6-8-19(17)28-4/h5-11,14,23H,12-13H2,1-4H3,(H,24,27). The number of rotatable bonds is 8. The number of nitrogens with zero attached hydrogens (tertiary/aromatic N) is 2. The number of para-hydroxylation sites is 1. The average Bonchev–Trinajstić information content (AvgIpc) is 3.19. The Morgan fingerprint density at radius 2 is 2.00 bits per heavy atom. The minimum absolute atomic E-state index is 0.0632. The van der Waals surface area contributed by atoms with Gasteiger partial charge in [-0.15, -0.1) is 0 Å². The largest absolute Gasteiger partial charge is 0.496 e. The van der Waals surface area contributed by atoms with Crippen molar-refractivity contribution in [1.29, 1.82) is 0 Å². The number of aromatic nitrogens is 2. The molecule has 1 heterocycles. The second-order valence-electron chi connectivity index (χ2n) is 7.20. The Bertz CT molecular complexity index is 982. The van der Waals surface area contributed by atoms with Crippen LogP contribution in [0.3, 0.4) is 0 Å². The Balaban J connectivity index is 1.65. The summed E-state index contributed by atoms with van der Waals surface area (Å²) in [5.41, 5.74) is 3.29. The van der Waals surface area contributed by atoms with Crippen LogP contribution in [0.4, 0.5) is 5.69 Å². The van der Waals surface area contributed by atoms with Crippen LogP contribution in [0.15, 0.2) is 47.0 Å². The van der Waals surface area contributed by atoms with Gasteiger partial charge in [-0.3, -0.25) is 4.79 Å². The van der Waals surface area contributed by atoms with E-state index in [9.17, 15) is 4.79 Å². The Morgan fingerprint density at radius 1 is 1.21 bits per heavy atom. The van der Waals surface area contributed by atoms with Gasteiger partial charge in [-0.2, -0.15) is 4.98 Å². The molecule has 2 N–H and O–H groups in total. The molecule has 0 atom stereocenters. The molecule has 0 saturated carbocycles. The van der Waals surface area contributed by atoms with Crippen molar-refractivity contribution in [2.24, 2.45) is 5.92 Å². The first-order valence-electron chi connectivity index (χ1n) is 9.56. The second kappa shape index (κ2) is 9.23. The summed E-state index contributed by atoms with van der Waals surface area (Å²) in [4.78, 5) is 16.6. The number of ether oxygens (including phenoxy) is 1. The minimum atomic E-state index is -0.0632. The lowest BCUT2D eigenvalue weighted by molar-refractivity contribution is 0.0949. The van der Waals surface area contributed by atoms with Crippen molar-refractivity contribution in [2.75, 3.05) is 19.0 Å². The van der Waals surface area contributed by atoms with Gasteiger partial charge in [0.05, 0.1) is 19.2 Å². The van der Waals surface area contributed by atoms with Gasteiger partial charge in [0.2, 0.25) is 11.7 Å². The number of hydrogen-bond donors (Lipinski definition) is 2. The summed E-state index contributed by atoms with van der Waals surface area (Å²) in [6.07, 6.45) is 0. The summed E-state index contributed by atoms with van der Waals surface area (Å²) < 4.78 is 10.7. The third kappa shape index (κ3) is 5.13. The maximum Gasteiger partial charge on any atom is 0.251 e. The van der Waals surface area contributed by atoms with Crippen molar-refractivity contribution in [3.63, 3.8) is 0 Å². The van der Waals surface area contributed by atoms with Gasteiger partial charge in [0.25, 0.3) is 5.91 Å². The van der Waals surface area contributed by atoms with Crippen molar-refractivity contribution in [2.45, 2.75) is 27.3 Å². The first-order valence-corrected chi connectivity index (χ1v) is 9.56. The van der Waals surface area contributed by atoms with Crippen molar-refractivity contribution >= 4 is 11.6 Å². The first kappa shape index (κ1) is 20.4. The highest BCUT2D eigenvalue weighted by atomic mass is 16.5. The monoisotopic (exact) mass is 394 g/mol. The van der Waals surface area contributed by atoms with Gasteiger partial charge in [-0.25, -0.2) is 0 Å². The van der Waals surface area contributed by atoms with Crippen LogP contribution < -0.4 is 15.4 Å². The van der Waals surface area contributed by atoms with Crippen LogP contribution in [0, 0.1) is 12.8 Å². The summed E-state index contributed by atoms with van der Waals surface area (Å²) in [6, 6.07) is 13.1. The molecule has 3 aromatic rings. The molecule has 0 aliphatic heterocycles. The van der Waals surface area contributed by atoms with E-state index in [0.29, 0.717) is 42.0 Å². The smallest absolute Gasteiger partial charge is 0.251 e. The van der Waals surface area contributed by atoms with E-state index in [-0.39, 0.29) is 5.91 Å². The van der Waals surface area contributed by atoms with Crippen LogP contribution in [-0.4, -0.2) is 29.7 Å². The molecular weight excluding hydrogens is 368 g/mol. The average molecular weight is 394 g/mol. The highest BCUT2D eigenvalue weighted by Gasteiger charge is 2.13. The van der Waals surface area contributed by atoms with Gasteiger partial charge in [0, 0.05) is 17.8 Å². The summed E-state index contributed by atoms with van der Waals surface area (Å²) in [6.45, 7) is 7.12. The normalized spacial score (nSPS) is 10.8. The number of benzene rings is 2. The van der Waals surface area contributed by atoms with E-state index in [4.69, 9.17) is 9.26 Å². The predicted octanol–water partition coefficient (Wildman–Crippen LogP) is 4.05. The maximum atomic E-state index is 12.2. The summed E-state index contributed by atoms with van der Waals surface area (Å²) >= 11 is 0. The molecule has 0 bridgehead atoms. The number of anilines is 1. The SMILES string of the molecule is COc1ccccc1-c1noc(CNc2ccc(C(=O)NCC(C)C)cc2C)n1. The molecule has 0 fully saturated rings. The molecule has 7 nitrogen and oxygen atoms in total. The van der Waals surface area contributed by atoms with Crippen molar-refractivity contribution in [3.05, 3.63) is 59.5 Å². The van der Waals surface area contributed by atoms with Gasteiger partial charge < -0.3 is 19.9 Å². The number of hydrogen-bond acceptors (Lipinski definition) is 6. The van der Waals surface area contributed by atoms with Gasteiger partial charge in [-0.1, -0.05) is 31.1 Å². The van der Waals surface area contributed by atoms with Gasteiger partial charge >= 0.3 is 0 Å². The fourth-order valence-electron chi connectivity index (χ4n) is 2.84. The quantitative estimate of drug-likeness (QED) is 0.599. The van der Waals surface area contributed by atoms with Crippen molar-refractivity contribution in [3.8, 4) is 17.1 Å². The van der Waals surface area contributed by atoms with E-state index in [0.717, 1.165) is 16.8 Å². The van der Waals surface area contributed by atoms with E-state index >= 15 is 0 Å². The van der Waals surface area contributed by atoms with E-state index in [2.05, 4.69) is 34.6 Å².